The van der Waals surface area contributed by atoms with Crippen molar-refractivity contribution in [1.82, 2.24) is 0 Å². The largest absolute Gasteiger partial charge is 0.393 e. The fourth-order valence-corrected chi connectivity index (χ4v) is 0.833. The van der Waals surface area contributed by atoms with Crippen LogP contribution in [0, 0.1) is 0 Å². The lowest BCUT2D eigenvalue weighted by Crippen LogP contribution is -2.48. The third-order valence-electron chi connectivity index (χ3n) is 1.34. The third-order valence-corrected chi connectivity index (χ3v) is 1.34. The summed E-state index contributed by atoms with van der Waals surface area (Å²) in [5.41, 5.74) is -0.891. The van der Waals surface area contributed by atoms with Gasteiger partial charge in [0.1, 0.15) is 13.4 Å². The summed E-state index contributed by atoms with van der Waals surface area (Å²) in [6, 6.07) is -0.513. The van der Waals surface area contributed by atoms with Crippen molar-refractivity contribution >= 4 is 7.85 Å². The SMILES string of the molecule is [2H]C[C@@]1(CO)COC[C@H]([B])O1. The van der Waals surface area contributed by atoms with Gasteiger partial charge in [-0.25, -0.2) is 0 Å². The highest BCUT2D eigenvalue weighted by Crippen LogP contribution is 2.16. The second kappa shape index (κ2) is 2.90. The van der Waals surface area contributed by atoms with E-state index in [1.807, 2.05) is 0 Å². The first-order valence-corrected chi connectivity index (χ1v) is 3.14. The summed E-state index contributed by atoms with van der Waals surface area (Å²) in [6.45, 7) is 0.337. The van der Waals surface area contributed by atoms with Gasteiger partial charge in [0.25, 0.3) is 0 Å². The average Bonchev–Trinajstić information content (AvgIpc) is 2.04. The molecule has 0 aromatic rings. The fraction of sp³-hybridized carbons (Fsp3) is 1.00. The summed E-state index contributed by atoms with van der Waals surface area (Å²) in [5.74, 6) is 0. The summed E-state index contributed by atoms with van der Waals surface area (Å²) in [5, 5.41) is 8.88. The normalized spacial score (nSPS) is 42.9. The second-order valence-electron chi connectivity index (χ2n) is 2.51. The summed E-state index contributed by atoms with van der Waals surface area (Å²) >= 11 is 0. The maximum absolute atomic E-state index is 8.88. The van der Waals surface area contributed by atoms with Crippen molar-refractivity contribution in [3.63, 3.8) is 0 Å². The molecule has 1 fully saturated rings. The maximum atomic E-state index is 8.88. The Morgan fingerprint density at radius 3 is 3.20 bits per heavy atom. The highest BCUT2D eigenvalue weighted by atomic mass is 16.6. The van der Waals surface area contributed by atoms with Gasteiger partial charge in [-0.05, 0) is 6.90 Å². The number of hydrogen-bond donors (Lipinski definition) is 1. The standard InChI is InChI=1S/C6H11BO3/c1-6(3-8)4-9-2-5(7)10-6/h5,8H,2-4H2,1H3/t5-,6-/m1/s1/i1D. The van der Waals surface area contributed by atoms with E-state index in [0.717, 1.165) is 0 Å². The van der Waals surface area contributed by atoms with Crippen molar-refractivity contribution in [2.75, 3.05) is 19.8 Å². The molecule has 4 heteroatoms. The predicted molar refractivity (Wildman–Crippen MR) is 36.9 cm³/mol. The zero-order chi connectivity index (χ0) is 8.32. The number of ether oxygens (including phenoxy) is 2. The highest BCUT2D eigenvalue weighted by molar-refractivity contribution is 6.11. The van der Waals surface area contributed by atoms with Crippen molar-refractivity contribution in [2.45, 2.75) is 18.5 Å². The van der Waals surface area contributed by atoms with Crippen molar-refractivity contribution in [3.05, 3.63) is 0 Å². The Morgan fingerprint density at radius 1 is 2.00 bits per heavy atom. The van der Waals surface area contributed by atoms with Gasteiger partial charge in [0.2, 0.25) is 0 Å². The summed E-state index contributed by atoms with van der Waals surface area (Å²) in [4.78, 5) is 0. The van der Waals surface area contributed by atoms with Gasteiger partial charge in [-0.15, -0.1) is 0 Å². The quantitative estimate of drug-likeness (QED) is 0.492. The minimum atomic E-state index is -0.891. The second-order valence-corrected chi connectivity index (χ2v) is 2.51. The molecule has 1 saturated heterocycles. The van der Waals surface area contributed by atoms with E-state index in [9.17, 15) is 0 Å². The molecule has 0 aromatic heterocycles. The van der Waals surface area contributed by atoms with Crippen LogP contribution >= 0.6 is 0 Å². The Balaban J connectivity index is 2.52. The van der Waals surface area contributed by atoms with Gasteiger partial charge in [0.05, 0.1) is 19.8 Å². The number of aliphatic hydroxyl groups excluding tert-OH is 1. The van der Waals surface area contributed by atoms with E-state index in [1.54, 1.807) is 0 Å². The number of hydrogen-bond acceptors (Lipinski definition) is 3. The van der Waals surface area contributed by atoms with E-state index in [1.165, 1.54) is 0 Å². The molecule has 1 aliphatic rings. The van der Waals surface area contributed by atoms with Crippen molar-refractivity contribution in [1.29, 1.82) is 0 Å². The van der Waals surface area contributed by atoms with Gasteiger partial charge in [-0.1, -0.05) is 0 Å². The van der Waals surface area contributed by atoms with Gasteiger partial charge in [-0.2, -0.15) is 0 Å². The first-order valence-electron chi connectivity index (χ1n) is 3.84. The third kappa shape index (κ3) is 1.72. The minimum Gasteiger partial charge on any atom is -0.393 e. The van der Waals surface area contributed by atoms with Crippen LogP contribution in [-0.2, 0) is 9.47 Å². The molecule has 0 bridgehead atoms. The maximum Gasteiger partial charge on any atom is 0.112 e. The van der Waals surface area contributed by atoms with E-state index >= 15 is 0 Å². The Bertz CT molecular complexity index is 129. The molecule has 0 aliphatic carbocycles. The summed E-state index contributed by atoms with van der Waals surface area (Å²) in [7, 11) is 5.42. The van der Waals surface area contributed by atoms with Gasteiger partial charge in [0, 0.05) is 7.37 Å². The van der Waals surface area contributed by atoms with E-state index in [2.05, 4.69) is 0 Å². The van der Waals surface area contributed by atoms with Crippen molar-refractivity contribution in [3.8, 4) is 0 Å². The fourth-order valence-electron chi connectivity index (χ4n) is 0.833. The first-order chi connectivity index (χ1) is 5.22. The van der Waals surface area contributed by atoms with E-state index < -0.39 is 11.6 Å². The van der Waals surface area contributed by atoms with Gasteiger partial charge >= 0.3 is 0 Å². The van der Waals surface area contributed by atoms with Crippen LogP contribution in [0.1, 0.15) is 8.27 Å². The van der Waals surface area contributed by atoms with Crippen LogP contribution in [0.25, 0.3) is 0 Å². The molecule has 0 unspecified atom stereocenters. The highest BCUT2D eigenvalue weighted by Gasteiger charge is 2.30. The van der Waals surface area contributed by atoms with Gasteiger partial charge in [-0.3, -0.25) is 0 Å². The predicted octanol–water partition coefficient (Wildman–Crippen LogP) is -0.721. The molecule has 1 rings (SSSR count). The molecule has 1 aliphatic heterocycles. The zero-order valence-electron chi connectivity index (χ0n) is 6.75. The Hall–Kier alpha value is -0.0551. The smallest absolute Gasteiger partial charge is 0.112 e. The molecule has 56 valence electrons. The van der Waals surface area contributed by atoms with Crippen LogP contribution in [0.2, 0.25) is 0 Å². The summed E-state index contributed by atoms with van der Waals surface area (Å²) in [6.07, 6.45) is 0. The van der Waals surface area contributed by atoms with Crippen LogP contribution in [0.3, 0.4) is 0 Å². The minimum absolute atomic E-state index is 0.0306. The first kappa shape index (κ1) is 6.64. The average molecular weight is 143 g/mol. The van der Waals surface area contributed by atoms with Crippen LogP contribution < -0.4 is 0 Å². The molecule has 3 nitrogen and oxygen atoms in total. The Labute approximate surface area is 63.1 Å². The van der Waals surface area contributed by atoms with Crippen LogP contribution in [0.4, 0.5) is 0 Å². The number of rotatable bonds is 1. The lowest BCUT2D eigenvalue weighted by Gasteiger charge is -2.36. The lowest BCUT2D eigenvalue weighted by atomic mass is 9.97. The lowest BCUT2D eigenvalue weighted by molar-refractivity contribution is -0.179. The molecular formula is C6H11BO3. The Kier molecular flexibility index (Phi) is 1.93. The van der Waals surface area contributed by atoms with E-state index in [4.69, 9.17) is 23.8 Å². The monoisotopic (exact) mass is 143 g/mol. The molecule has 2 radical (unpaired) electrons. The molecule has 2 atom stereocenters. The zero-order valence-corrected chi connectivity index (χ0v) is 5.75. The molecule has 1 N–H and O–H groups in total. The van der Waals surface area contributed by atoms with Crippen LogP contribution in [0.5, 0.6) is 0 Å². The molecule has 0 saturated carbocycles. The molecule has 0 spiro atoms. The molecular weight excluding hydrogens is 131 g/mol. The molecule has 0 amide bonds. The topological polar surface area (TPSA) is 38.7 Å². The Morgan fingerprint density at radius 2 is 2.80 bits per heavy atom. The van der Waals surface area contributed by atoms with Crippen molar-refractivity contribution < 1.29 is 16.0 Å². The number of aliphatic hydroxyl groups is 1. The molecule has 10 heavy (non-hydrogen) atoms. The molecule has 1 heterocycles. The van der Waals surface area contributed by atoms with Gasteiger partial charge < -0.3 is 14.6 Å². The van der Waals surface area contributed by atoms with Crippen LogP contribution in [-0.4, -0.2) is 44.4 Å². The van der Waals surface area contributed by atoms with Crippen LogP contribution in [0.15, 0.2) is 0 Å². The van der Waals surface area contributed by atoms with Gasteiger partial charge in [0.15, 0.2) is 0 Å². The molecule has 0 aromatic carbocycles. The van der Waals surface area contributed by atoms with E-state index in [0.29, 0.717) is 6.61 Å². The van der Waals surface area contributed by atoms with E-state index in [-0.39, 0.29) is 20.1 Å². The van der Waals surface area contributed by atoms with Crippen molar-refractivity contribution in [2.24, 2.45) is 0 Å². The summed E-state index contributed by atoms with van der Waals surface area (Å²) < 4.78 is 17.4.